The van der Waals surface area contributed by atoms with Gasteiger partial charge in [-0.1, -0.05) is 23.4 Å². The van der Waals surface area contributed by atoms with Crippen molar-refractivity contribution in [3.05, 3.63) is 47.3 Å². The van der Waals surface area contributed by atoms with Crippen molar-refractivity contribution in [1.29, 1.82) is 0 Å². The first-order valence-corrected chi connectivity index (χ1v) is 7.69. The van der Waals surface area contributed by atoms with E-state index in [1.807, 2.05) is 13.8 Å². The standard InChI is InChI=1S/C17H23N3O/c1-13-17(14(2)21-19-13)12-18-15-8-10-20(11-9-15)16-6-4-3-5-7-16/h3-7,15,18H,8-12H2,1-2H3. The second kappa shape index (κ2) is 6.31. The van der Waals surface area contributed by atoms with E-state index in [9.17, 15) is 0 Å². The third kappa shape index (κ3) is 3.27. The SMILES string of the molecule is Cc1noc(C)c1CNC1CCN(c2ccccc2)CC1. The van der Waals surface area contributed by atoms with Crippen LogP contribution < -0.4 is 10.2 Å². The summed E-state index contributed by atoms with van der Waals surface area (Å²) in [4.78, 5) is 2.47. The molecule has 0 aliphatic carbocycles. The number of hydrogen-bond donors (Lipinski definition) is 1. The molecule has 0 unspecified atom stereocenters. The Morgan fingerprint density at radius 1 is 1.19 bits per heavy atom. The third-order valence-electron chi connectivity index (χ3n) is 4.37. The summed E-state index contributed by atoms with van der Waals surface area (Å²) in [6.07, 6.45) is 2.36. The second-order valence-corrected chi connectivity index (χ2v) is 5.78. The molecule has 0 atom stereocenters. The van der Waals surface area contributed by atoms with Crippen LogP contribution in [0.3, 0.4) is 0 Å². The molecule has 0 radical (unpaired) electrons. The van der Waals surface area contributed by atoms with Gasteiger partial charge in [0.1, 0.15) is 5.76 Å². The van der Waals surface area contributed by atoms with Crippen LogP contribution in [-0.4, -0.2) is 24.3 Å². The smallest absolute Gasteiger partial charge is 0.138 e. The summed E-state index contributed by atoms with van der Waals surface area (Å²) >= 11 is 0. The molecule has 0 bridgehead atoms. The lowest BCUT2D eigenvalue weighted by Gasteiger charge is -2.34. The summed E-state index contributed by atoms with van der Waals surface area (Å²) in [7, 11) is 0. The average molecular weight is 285 g/mol. The first kappa shape index (κ1) is 14.1. The summed E-state index contributed by atoms with van der Waals surface area (Å²) < 4.78 is 5.21. The zero-order chi connectivity index (χ0) is 14.7. The predicted octanol–water partition coefficient (Wildman–Crippen LogP) is 3.05. The molecule has 4 heteroatoms. The Morgan fingerprint density at radius 2 is 1.90 bits per heavy atom. The first-order valence-electron chi connectivity index (χ1n) is 7.69. The second-order valence-electron chi connectivity index (χ2n) is 5.78. The van der Waals surface area contributed by atoms with Gasteiger partial charge in [0, 0.05) is 36.9 Å². The lowest BCUT2D eigenvalue weighted by Crippen LogP contribution is -2.42. The minimum atomic E-state index is 0.582. The predicted molar refractivity (Wildman–Crippen MR) is 84.5 cm³/mol. The fourth-order valence-electron chi connectivity index (χ4n) is 2.98. The molecule has 2 heterocycles. The van der Waals surface area contributed by atoms with E-state index in [1.54, 1.807) is 0 Å². The highest BCUT2D eigenvalue weighted by atomic mass is 16.5. The Morgan fingerprint density at radius 3 is 2.52 bits per heavy atom. The number of hydrogen-bond acceptors (Lipinski definition) is 4. The van der Waals surface area contributed by atoms with Crippen molar-refractivity contribution in [2.75, 3.05) is 18.0 Å². The maximum Gasteiger partial charge on any atom is 0.138 e. The highest BCUT2D eigenvalue weighted by molar-refractivity contribution is 5.46. The molecule has 1 aromatic heterocycles. The molecule has 0 saturated carbocycles. The van der Waals surface area contributed by atoms with Crippen molar-refractivity contribution in [3.8, 4) is 0 Å². The Hall–Kier alpha value is -1.81. The average Bonchev–Trinajstić information content (AvgIpc) is 2.85. The van der Waals surface area contributed by atoms with Crippen molar-refractivity contribution >= 4 is 5.69 Å². The van der Waals surface area contributed by atoms with Crippen LogP contribution in [0.2, 0.25) is 0 Å². The molecule has 0 spiro atoms. The van der Waals surface area contributed by atoms with Crippen LogP contribution in [0, 0.1) is 13.8 Å². The van der Waals surface area contributed by atoms with Crippen LogP contribution in [0.1, 0.15) is 29.9 Å². The Labute approximate surface area is 126 Å². The largest absolute Gasteiger partial charge is 0.371 e. The molecule has 1 aliphatic heterocycles. The molecule has 1 aliphatic rings. The summed E-state index contributed by atoms with van der Waals surface area (Å²) in [5.74, 6) is 0.932. The van der Waals surface area contributed by atoms with E-state index in [4.69, 9.17) is 4.52 Å². The molecule has 1 fully saturated rings. The first-order chi connectivity index (χ1) is 10.2. The van der Waals surface area contributed by atoms with Gasteiger partial charge >= 0.3 is 0 Å². The van der Waals surface area contributed by atoms with Gasteiger partial charge in [0.25, 0.3) is 0 Å². The van der Waals surface area contributed by atoms with Crippen molar-refractivity contribution in [3.63, 3.8) is 0 Å². The van der Waals surface area contributed by atoms with E-state index in [-0.39, 0.29) is 0 Å². The molecule has 0 amide bonds. The van der Waals surface area contributed by atoms with E-state index in [2.05, 4.69) is 45.7 Å². The van der Waals surface area contributed by atoms with Gasteiger partial charge < -0.3 is 14.7 Å². The van der Waals surface area contributed by atoms with Crippen molar-refractivity contribution in [2.24, 2.45) is 0 Å². The molecule has 4 nitrogen and oxygen atoms in total. The molecular formula is C17H23N3O. The number of nitrogens with one attached hydrogen (secondary N) is 1. The Bertz CT molecular complexity index is 551. The zero-order valence-electron chi connectivity index (χ0n) is 12.8. The number of piperidine rings is 1. The van der Waals surface area contributed by atoms with Crippen LogP contribution in [0.15, 0.2) is 34.9 Å². The summed E-state index contributed by atoms with van der Waals surface area (Å²) in [6.45, 7) is 7.07. The van der Waals surface area contributed by atoms with Gasteiger partial charge in [-0.2, -0.15) is 0 Å². The number of nitrogens with zero attached hydrogens (tertiary/aromatic N) is 2. The van der Waals surface area contributed by atoms with Crippen LogP contribution in [0.5, 0.6) is 0 Å². The number of anilines is 1. The summed E-state index contributed by atoms with van der Waals surface area (Å²) in [6, 6.07) is 11.3. The Kier molecular flexibility index (Phi) is 4.25. The van der Waals surface area contributed by atoms with E-state index in [0.29, 0.717) is 6.04 Å². The monoisotopic (exact) mass is 285 g/mol. The lowest BCUT2D eigenvalue weighted by atomic mass is 10.0. The van der Waals surface area contributed by atoms with Crippen LogP contribution in [-0.2, 0) is 6.54 Å². The van der Waals surface area contributed by atoms with Crippen molar-refractivity contribution in [2.45, 2.75) is 39.3 Å². The van der Waals surface area contributed by atoms with Gasteiger partial charge in [0.15, 0.2) is 0 Å². The maximum absolute atomic E-state index is 5.21. The van der Waals surface area contributed by atoms with Crippen LogP contribution in [0.4, 0.5) is 5.69 Å². The molecule has 3 rings (SSSR count). The number of rotatable bonds is 4. The molecule has 1 N–H and O–H groups in total. The number of aryl methyl sites for hydroxylation is 2. The minimum absolute atomic E-state index is 0.582. The van der Waals surface area contributed by atoms with Gasteiger partial charge in [-0.3, -0.25) is 0 Å². The fourth-order valence-corrected chi connectivity index (χ4v) is 2.98. The van der Waals surface area contributed by atoms with Gasteiger partial charge in [-0.05, 0) is 38.8 Å². The Balaban J connectivity index is 1.50. The summed E-state index contributed by atoms with van der Waals surface area (Å²) in [5, 5.41) is 7.66. The molecule has 21 heavy (non-hydrogen) atoms. The van der Waals surface area contributed by atoms with E-state index >= 15 is 0 Å². The highest BCUT2D eigenvalue weighted by Crippen LogP contribution is 2.20. The lowest BCUT2D eigenvalue weighted by molar-refractivity contribution is 0.388. The minimum Gasteiger partial charge on any atom is -0.371 e. The number of benzene rings is 1. The van der Waals surface area contributed by atoms with Crippen molar-refractivity contribution in [1.82, 2.24) is 10.5 Å². The molecule has 1 aromatic carbocycles. The fraction of sp³-hybridized carbons (Fsp3) is 0.471. The highest BCUT2D eigenvalue weighted by Gasteiger charge is 2.19. The normalized spacial score (nSPS) is 16.4. The maximum atomic E-state index is 5.21. The van der Waals surface area contributed by atoms with Gasteiger partial charge in [-0.15, -0.1) is 0 Å². The van der Waals surface area contributed by atoms with E-state index in [1.165, 1.54) is 24.1 Å². The summed E-state index contributed by atoms with van der Waals surface area (Å²) in [5.41, 5.74) is 3.55. The topological polar surface area (TPSA) is 41.3 Å². The number of para-hydroxylation sites is 1. The molecular weight excluding hydrogens is 262 g/mol. The van der Waals surface area contributed by atoms with Crippen LogP contribution >= 0.6 is 0 Å². The zero-order valence-corrected chi connectivity index (χ0v) is 12.8. The third-order valence-corrected chi connectivity index (χ3v) is 4.37. The van der Waals surface area contributed by atoms with E-state index < -0.39 is 0 Å². The molecule has 1 saturated heterocycles. The van der Waals surface area contributed by atoms with Gasteiger partial charge in [0.05, 0.1) is 5.69 Å². The molecule has 2 aromatic rings. The van der Waals surface area contributed by atoms with Gasteiger partial charge in [-0.25, -0.2) is 0 Å². The van der Waals surface area contributed by atoms with Gasteiger partial charge in [0.2, 0.25) is 0 Å². The van der Waals surface area contributed by atoms with Crippen LogP contribution in [0.25, 0.3) is 0 Å². The molecule has 112 valence electrons. The quantitative estimate of drug-likeness (QED) is 0.937. The van der Waals surface area contributed by atoms with E-state index in [0.717, 1.165) is 31.1 Å². The van der Waals surface area contributed by atoms with Crippen molar-refractivity contribution < 1.29 is 4.52 Å². The number of aromatic nitrogens is 1.